The number of quaternary nitrogens is 1. The molecule has 0 aromatic heterocycles. The number of hydrogen-bond acceptors (Lipinski definition) is 1. The minimum absolute atomic E-state index is 0.680. The Morgan fingerprint density at radius 2 is 1.47 bits per heavy atom. The van der Waals surface area contributed by atoms with Crippen molar-refractivity contribution >= 4 is 0 Å². The van der Waals surface area contributed by atoms with Crippen LogP contribution in [0.25, 0.3) is 0 Å². The molecule has 0 spiro atoms. The van der Waals surface area contributed by atoms with Crippen LogP contribution in [0.2, 0.25) is 0 Å². The summed E-state index contributed by atoms with van der Waals surface area (Å²) in [6.45, 7) is 14.6. The largest absolute Gasteiger partial charge is 0.325 e. The lowest BCUT2D eigenvalue weighted by Crippen LogP contribution is -2.49. The first-order valence-corrected chi connectivity index (χ1v) is 6.54. The molecule has 2 nitrogen and oxygen atoms in total. The van der Waals surface area contributed by atoms with Crippen LogP contribution in [0.3, 0.4) is 0 Å². The fraction of sp³-hybridized carbons (Fsp3) is 1.00. The van der Waals surface area contributed by atoms with Crippen molar-refractivity contribution in [2.24, 2.45) is 0 Å². The van der Waals surface area contributed by atoms with E-state index in [-0.39, 0.29) is 0 Å². The lowest BCUT2D eigenvalue weighted by atomic mass is 10.2. The number of nitrogens with zero attached hydrogens (tertiary/aromatic N) is 2. The second-order valence-electron chi connectivity index (χ2n) is 5.92. The van der Waals surface area contributed by atoms with E-state index in [1.807, 2.05) is 0 Å². The maximum atomic E-state index is 2.61. The fourth-order valence-electron chi connectivity index (χ4n) is 2.79. The lowest BCUT2D eigenvalue weighted by molar-refractivity contribution is -0.897. The summed E-state index contributed by atoms with van der Waals surface area (Å²) in [6.07, 6.45) is 2.86. The van der Waals surface area contributed by atoms with Gasteiger partial charge in [-0.3, -0.25) is 4.90 Å². The molecule has 0 radical (unpaired) electrons. The van der Waals surface area contributed by atoms with E-state index >= 15 is 0 Å². The number of rotatable bonds is 5. The molecule has 1 saturated heterocycles. The third kappa shape index (κ3) is 3.76. The van der Waals surface area contributed by atoms with Crippen LogP contribution in [0, 0.1) is 0 Å². The monoisotopic (exact) mass is 213 g/mol. The van der Waals surface area contributed by atoms with Gasteiger partial charge in [-0.25, -0.2) is 0 Å². The lowest BCUT2D eigenvalue weighted by Gasteiger charge is -2.35. The first-order chi connectivity index (χ1) is 6.94. The smallest absolute Gasteiger partial charge is 0.0914 e. The van der Waals surface area contributed by atoms with Crippen molar-refractivity contribution in [3.05, 3.63) is 0 Å². The molecule has 0 amide bonds. The van der Waals surface area contributed by atoms with Crippen LogP contribution in [0.1, 0.15) is 40.5 Å². The quantitative estimate of drug-likeness (QED) is 0.634. The molecule has 0 bridgehead atoms. The predicted molar refractivity (Wildman–Crippen MR) is 67.0 cm³/mol. The summed E-state index contributed by atoms with van der Waals surface area (Å²) >= 11 is 0. The molecular weight excluding hydrogens is 184 g/mol. The average Bonchev–Trinajstić information content (AvgIpc) is 2.51. The molecule has 1 aliphatic heterocycles. The third-order valence-electron chi connectivity index (χ3n) is 3.87. The molecule has 0 unspecified atom stereocenters. The molecule has 1 heterocycles. The normalized spacial score (nSPS) is 20.8. The highest BCUT2D eigenvalue weighted by Gasteiger charge is 2.27. The van der Waals surface area contributed by atoms with E-state index in [9.17, 15) is 0 Å². The second kappa shape index (κ2) is 5.31. The average molecular weight is 213 g/mol. The Kier molecular flexibility index (Phi) is 4.60. The van der Waals surface area contributed by atoms with Gasteiger partial charge in [0.15, 0.2) is 0 Å². The summed E-state index contributed by atoms with van der Waals surface area (Å²) in [7, 11) is 2.42. The fourth-order valence-corrected chi connectivity index (χ4v) is 2.79. The van der Waals surface area contributed by atoms with Gasteiger partial charge >= 0.3 is 0 Å². The summed E-state index contributed by atoms with van der Waals surface area (Å²) < 4.78 is 1.30. The first-order valence-electron chi connectivity index (χ1n) is 6.54. The zero-order chi connectivity index (χ0) is 11.5. The van der Waals surface area contributed by atoms with E-state index in [1.165, 1.54) is 43.5 Å². The maximum absolute atomic E-state index is 2.61. The molecular formula is C13H29N2+. The molecule has 1 fully saturated rings. The zero-order valence-corrected chi connectivity index (χ0v) is 11.3. The summed E-state index contributed by atoms with van der Waals surface area (Å²) in [4.78, 5) is 2.61. The Hall–Kier alpha value is -0.0800. The van der Waals surface area contributed by atoms with Gasteiger partial charge in [-0.05, 0) is 27.7 Å². The zero-order valence-electron chi connectivity index (χ0n) is 11.3. The van der Waals surface area contributed by atoms with Crippen LogP contribution in [0.5, 0.6) is 0 Å². The highest BCUT2D eigenvalue weighted by Crippen LogP contribution is 2.16. The number of likely N-dealkylation sites (N-methyl/N-ethyl adjacent to an activating group) is 1. The second-order valence-corrected chi connectivity index (χ2v) is 5.92. The van der Waals surface area contributed by atoms with Crippen LogP contribution in [-0.2, 0) is 0 Å². The molecule has 0 atom stereocenters. The van der Waals surface area contributed by atoms with E-state index in [1.54, 1.807) is 0 Å². The molecule has 0 saturated carbocycles. The summed E-state index contributed by atoms with van der Waals surface area (Å²) in [5.41, 5.74) is 0. The Balaban J connectivity index is 2.39. The van der Waals surface area contributed by atoms with E-state index in [0.717, 1.165) is 0 Å². The van der Waals surface area contributed by atoms with Crippen molar-refractivity contribution in [1.82, 2.24) is 4.90 Å². The van der Waals surface area contributed by atoms with E-state index in [4.69, 9.17) is 0 Å². The highest BCUT2D eigenvalue weighted by molar-refractivity contribution is 4.67. The Bertz CT molecular complexity index is 173. The molecule has 1 aliphatic rings. The molecule has 0 aromatic rings. The van der Waals surface area contributed by atoms with Crippen LogP contribution in [-0.4, -0.2) is 54.7 Å². The Morgan fingerprint density at radius 1 is 1.00 bits per heavy atom. The van der Waals surface area contributed by atoms with E-state index in [2.05, 4.69) is 39.6 Å². The van der Waals surface area contributed by atoms with Gasteiger partial charge in [-0.1, -0.05) is 0 Å². The molecule has 0 aliphatic carbocycles. The first kappa shape index (κ1) is 13.0. The standard InChI is InChI=1S/C13H29N2/c1-12(2)14(13(3)4)8-11-15(5)9-6-7-10-15/h12-13H,6-11H2,1-5H3/q+1. The van der Waals surface area contributed by atoms with Crippen LogP contribution in [0.15, 0.2) is 0 Å². The maximum Gasteiger partial charge on any atom is 0.0914 e. The van der Waals surface area contributed by atoms with Crippen molar-refractivity contribution in [2.45, 2.75) is 52.6 Å². The number of likely N-dealkylation sites (tertiary alicyclic amines) is 1. The number of hydrogen-bond donors (Lipinski definition) is 0. The topological polar surface area (TPSA) is 3.24 Å². The summed E-state index contributed by atoms with van der Waals surface area (Å²) in [6, 6.07) is 1.36. The van der Waals surface area contributed by atoms with Gasteiger partial charge in [0.25, 0.3) is 0 Å². The Morgan fingerprint density at radius 3 is 1.87 bits per heavy atom. The molecule has 90 valence electrons. The molecule has 15 heavy (non-hydrogen) atoms. The molecule has 2 heteroatoms. The SMILES string of the molecule is CC(C)N(CC[N+]1(C)CCCC1)C(C)C. The minimum atomic E-state index is 0.680. The molecule has 0 N–H and O–H groups in total. The summed E-state index contributed by atoms with van der Waals surface area (Å²) in [5, 5.41) is 0. The highest BCUT2D eigenvalue weighted by atomic mass is 15.4. The van der Waals surface area contributed by atoms with Gasteiger partial charge < -0.3 is 4.48 Å². The van der Waals surface area contributed by atoms with Gasteiger partial charge in [0.2, 0.25) is 0 Å². The molecule has 0 aromatic carbocycles. The third-order valence-corrected chi connectivity index (χ3v) is 3.87. The van der Waals surface area contributed by atoms with Crippen molar-refractivity contribution in [1.29, 1.82) is 0 Å². The van der Waals surface area contributed by atoms with Gasteiger partial charge in [0.1, 0.15) is 0 Å². The van der Waals surface area contributed by atoms with Gasteiger partial charge in [0, 0.05) is 31.5 Å². The van der Waals surface area contributed by atoms with Crippen molar-refractivity contribution in [2.75, 3.05) is 33.2 Å². The molecule has 1 rings (SSSR count). The van der Waals surface area contributed by atoms with Gasteiger partial charge in [-0.2, -0.15) is 0 Å². The van der Waals surface area contributed by atoms with Crippen LogP contribution in [0.4, 0.5) is 0 Å². The van der Waals surface area contributed by atoms with Crippen LogP contribution < -0.4 is 0 Å². The van der Waals surface area contributed by atoms with Crippen molar-refractivity contribution in [3.8, 4) is 0 Å². The van der Waals surface area contributed by atoms with Gasteiger partial charge in [-0.15, -0.1) is 0 Å². The van der Waals surface area contributed by atoms with E-state index in [0.29, 0.717) is 12.1 Å². The Labute approximate surface area is 95.8 Å². The minimum Gasteiger partial charge on any atom is -0.325 e. The summed E-state index contributed by atoms with van der Waals surface area (Å²) in [5.74, 6) is 0. The van der Waals surface area contributed by atoms with Crippen molar-refractivity contribution < 1.29 is 4.48 Å². The van der Waals surface area contributed by atoms with E-state index < -0.39 is 0 Å². The van der Waals surface area contributed by atoms with Gasteiger partial charge in [0.05, 0.1) is 26.7 Å². The van der Waals surface area contributed by atoms with Crippen LogP contribution >= 0.6 is 0 Å². The van der Waals surface area contributed by atoms with Crippen molar-refractivity contribution in [3.63, 3.8) is 0 Å². The predicted octanol–water partition coefficient (Wildman–Crippen LogP) is 2.35.